The van der Waals surface area contributed by atoms with E-state index in [0.717, 1.165) is 0 Å². The number of nitrogens with two attached hydrogens (primary N) is 1. The van der Waals surface area contributed by atoms with Gasteiger partial charge >= 0.3 is 0 Å². The molecule has 0 aromatic carbocycles. The van der Waals surface area contributed by atoms with Crippen molar-refractivity contribution in [2.24, 2.45) is 7.05 Å². The number of rotatable bonds is 2. The van der Waals surface area contributed by atoms with Crippen LogP contribution < -0.4 is 11.1 Å². The van der Waals surface area contributed by atoms with Crippen molar-refractivity contribution >= 4 is 23.1 Å². The predicted octanol–water partition coefficient (Wildman–Crippen LogP) is 0.169. The first kappa shape index (κ1) is 12.6. The van der Waals surface area contributed by atoms with Gasteiger partial charge in [-0.3, -0.25) is 9.48 Å². The van der Waals surface area contributed by atoms with E-state index in [2.05, 4.69) is 20.5 Å². The molecule has 0 aliphatic carbocycles. The van der Waals surface area contributed by atoms with Gasteiger partial charge in [-0.2, -0.15) is 10.4 Å². The number of carbonyl (C=O) groups excluding carboxylic acids is 1. The van der Waals surface area contributed by atoms with E-state index in [-0.39, 0.29) is 17.3 Å². The van der Waals surface area contributed by atoms with Crippen molar-refractivity contribution in [3.63, 3.8) is 0 Å². The molecule has 0 saturated heterocycles. The molecular formula is C12H10N8O. The van der Waals surface area contributed by atoms with E-state index in [0.29, 0.717) is 11.2 Å². The number of nitrogens with one attached hydrogen (secondary N) is 1. The van der Waals surface area contributed by atoms with E-state index < -0.39 is 5.91 Å². The Morgan fingerprint density at radius 3 is 3.00 bits per heavy atom. The van der Waals surface area contributed by atoms with E-state index in [1.54, 1.807) is 25.4 Å². The van der Waals surface area contributed by atoms with Crippen LogP contribution in [0.2, 0.25) is 0 Å². The van der Waals surface area contributed by atoms with Crippen molar-refractivity contribution in [1.82, 2.24) is 24.4 Å². The zero-order valence-electron chi connectivity index (χ0n) is 11.0. The van der Waals surface area contributed by atoms with Crippen LogP contribution in [0, 0.1) is 11.3 Å². The molecule has 3 N–H and O–H groups in total. The highest BCUT2D eigenvalue weighted by Crippen LogP contribution is 2.15. The fourth-order valence-electron chi connectivity index (χ4n) is 1.94. The first-order valence-corrected chi connectivity index (χ1v) is 5.94. The number of aryl methyl sites for hydroxylation is 1. The van der Waals surface area contributed by atoms with Crippen LogP contribution in [-0.2, 0) is 7.05 Å². The molecule has 0 aliphatic heterocycles. The normalized spacial score (nSPS) is 10.5. The third-order valence-corrected chi connectivity index (χ3v) is 2.83. The van der Waals surface area contributed by atoms with Crippen LogP contribution in [0.15, 0.2) is 24.5 Å². The van der Waals surface area contributed by atoms with E-state index in [1.165, 1.54) is 15.4 Å². The highest BCUT2D eigenvalue weighted by molar-refractivity contribution is 6.04. The fraction of sp³-hybridized carbons (Fsp3) is 0.0833. The van der Waals surface area contributed by atoms with Gasteiger partial charge in [-0.05, 0) is 12.1 Å². The van der Waals surface area contributed by atoms with Crippen molar-refractivity contribution in [2.75, 3.05) is 11.1 Å². The lowest BCUT2D eigenvalue weighted by Crippen LogP contribution is -2.16. The summed E-state index contributed by atoms with van der Waals surface area (Å²) in [6, 6.07) is 5.21. The molecule has 9 nitrogen and oxygen atoms in total. The highest BCUT2D eigenvalue weighted by atomic mass is 16.2. The lowest BCUT2D eigenvalue weighted by Gasteiger charge is -2.03. The maximum Gasteiger partial charge on any atom is 0.274 e. The Morgan fingerprint density at radius 2 is 2.24 bits per heavy atom. The molecule has 0 unspecified atom stereocenters. The number of aromatic nitrogens is 5. The van der Waals surface area contributed by atoms with Crippen molar-refractivity contribution < 1.29 is 4.79 Å². The quantitative estimate of drug-likeness (QED) is 0.689. The minimum Gasteiger partial charge on any atom is -0.367 e. The highest BCUT2D eigenvalue weighted by Gasteiger charge is 2.16. The van der Waals surface area contributed by atoms with Gasteiger partial charge in [0, 0.05) is 13.2 Å². The summed E-state index contributed by atoms with van der Waals surface area (Å²) in [5.41, 5.74) is 6.92. The standard InChI is InChI=1S/C12H10N8O/c1-19-6-9(8(4-13)17-19)16-11(21)10-3-2-7-5-15-12(14)18-20(7)10/h2-3,5-6H,1H3,(H2,14,18)(H,16,21). The van der Waals surface area contributed by atoms with E-state index in [4.69, 9.17) is 11.0 Å². The minimum absolute atomic E-state index is 0.0619. The average molecular weight is 282 g/mol. The van der Waals surface area contributed by atoms with Gasteiger partial charge in [-0.1, -0.05) is 0 Å². The maximum absolute atomic E-state index is 12.3. The monoisotopic (exact) mass is 282 g/mol. The second kappa shape index (κ2) is 4.61. The molecule has 1 amide bonds. The predicted molar refractivity (Wildman–Crippen MR) is 73.3 cm³/mol. The molecule has 104 valence electrons. The minimum atomic E-state index is -0.419. The Labute approximate surface area is 118 Å². The molecule has 0 fully saturated rings. The number of amides is 1. The van der Waals surface area contributed by atoms with Gasteiger partial charge in [0.15, 0.2) is 5.69 Å². The molecule has 9 heteroatoms. The molecule has 21 heavy (non-hydrogen) atoms. The van der Waals surface area contributed by atoms with Crippen molar-refractivity contribution in [3.05, 3.63) is 35.9 Å². The summed E-state index contributed by atoms with van der Waals surface area (Å²) >= 11 is 0. The Bertz CT molecular complexity index is 884. The molecule has 3 rings (SSSR count). The van der Waals surface area contributed by atoms with Gasteiger partial charge in [0.2, 0.25) is 5.95 Å². The van der Waals surface area contributed by atoms with E-state index in [1.807, 2.05) is 6.07 Å². The fourth-order valence-corrected chi connectivity index (χ4v) is 1.94. The second-order valence-corrected chi connectivity index (χ2v) is 4.30. The third kappa shape index (κ3) is 2.14. The van der Waals surface area contributed by atoms with E-state index >= 15 is 0 Å². The molecule has 3 aromatic heterocycles. The second-order valence-electron chi connectivity index (χ2n) is 4.30. The largest absolute Gasteiger partial charge is 0.367 e. The van der Waals surface area contributed by atoms with Crippen LogP contribution >= 0.6 is 0 Å². The van der Waals surface area contributed by atoms with Gasteiger partial charge in [0.25, 0.3) is 5.91 Å². The van der Waals surface area contributed by atoms with Gasteiger partial charge in [0.05, 0.1) is 17.4 Å². The number of hydrogen-bond acceptors (Lipinski definition) is 6. The number of fused-ring (bicyclic) bond motifs is 1. The van der Waals surface area contributed by atoms with Crippen molar-refractivity contribution in [3.8, 4) is 6.07 Å². The summed E-state index contributed by atoms with van der Waals surface area (Å²) in [5, 5.41) is 19.5. The van der Waals surface area contributed by atoms with Gasteiger partial charge < -0.3 is 11.1 Å². The summed E-state index contributed by atoms with van der Waals surface area (Å²) in [6.45, 7) is 0. The van der Waals surface area contributed by atoms with Gasteiger partial charge in [0.1, 0.15) is 11.8 Å². The Hall–Kier alpha value is -3.41. The molecule has 0 saturated carbocycles. The SMILES string of the molecule is Cn1cc(NC(=O)c2ccc3cnc(N)nn23)c(C#N)n1. The third-order valence-electron chi connectivity index (χ3n) is 2.83. The molecule has 0 radical (unpaired) electrons. The average Bonchev–Trinajstić information content (AvgIpc) is 3.01. The molecule has 0 atom stereocenters. The molecule has 0 spiro atoms. The Morgan fingerprint density at radius 1 is 1.43 bits per heavy atom. The van der Waals surface area contributed by atoms with Crippen LogP contribution in [0.4, 0.5) is 11.6 Å². The lowest BCUT2D eigenvalue weighted by molar-refractivity contribution is 0.102. The van der Waals surface area contributed by atoms with Gasteiger partial charge in [-0.15, -0.1) is 5.10 Å². The number of nitrogens with zero attached hydrogens (tertiary/aromatic N) is 6. The van der Waals surface area contributed by atoms with Crippen LogP contribution in [-0.4, -0.2) is 30.3 Å². The van der Waals surface area contributed by atoms with Crippen molar-refractivity contribution in [2.45, 2.75) is 0 Å². The summed E-state index contributed by atoms with van der Waals surface area (Å²) in [7, 11) is 1.66. The Balaban J connectivity index is 1.97. The smallest absolute Gasteiger partial charge is 0.274 e. The first-order valence-electron chi connectivity index (χ1n) is 5.94. The molecule has 0 aliphatic rings. The number of nitrogen functional groups attached to an aromatic ring is 1. The number of nitriles is 1. The first-order chi connectivity index (χ1) is 10.1. The van der Waals surface area contributed by atoms with Crippen molar-refractivity contribution in [1.29, 1.82) is 5.26 Å². The molecule has 0 bridgehead atoms. The summed E-state index contributed by atoms with van der Waals surface area (Å²) in [5.74, 6) is -0.357. The number of carbonyl (C=O) groups is 1. The van der Waals surface area contributed by atoms with Crippen LogP contribution in [0.1, 0.15) is 16.2 Å². The zero-order valence-corrected chi connectivity index (χ0v) is 11.0. The summed E-state index contributed by atoms with van der Waals surface area (Å²) < 4.78 is 2.84. The molecular weight excluding hydrogens is 272 g/mol. The topological polar surface area (TPSA) is 127 Å². The van der Waals surface area contributed by atoms with E-state index in [9.17, 15) is 4.79 Å². The number of anilines is 2. The zero-order chi connectivity index (χ0) is 15.0. The Kier molecular flexibility index (Phi) is 2.77. The molecule has 3 heterocycles. The van der Waals surface area contributed by atoms with Gasteiger partial charge in [-0.25, -0.2) is 9.50 Å². The maximum atomic E-state index is 12.3. The lowest BCUT2D eigenvalue weighted by atomic mass is 10.3. The van der Waals surface area contributed by atoms with Crippen LogP contribution in [0.3, 0.4) is 0 Å². The summed E-state index contributed by atoms with van der Waals surface area (Å²) in [6.07, 6.45) is 3.07. The number of hydrogen-bond donors (Lipinski definition) is 2. The molecule has 3 aromatic rings. The van der Waals surface area contributed by atoms with Crippen LogP contribution in [0.5, 0.6) is 0 Å². The summed E-state index contributed by atoms with van der Waals surface area (Å²) in [4.78, 5) is 16.2. The van der Waals surface area contributed by atoms with Crippen LogP contribution in [0.25, 0.3) is 5.52 Å².